The zero-order valence-electron chi connectivity index (χ0n) is 16.4. The predicted octanol–water partition coefficient (Wildman–Crippen LogP) is 2.43. The molecule has 27 heavy (non-hydrogen) atoms. The minimum absolute atomic E-state index is 0.124. The van der Waals surface area contributed by atoms with Gasteiger partial charge in [-0.1, -0.05) is 20.3 Å². The highest BCUT2D eigenvalue weighted by molar-refractivity contribution is 7.89. The van der Waals surface area contributed by atoms with Crippen molar-refractivity contribution in [3.63, 3.8) is 0 Å². The molecule has 0 heterocycles. The van der Waals surface area contributed by atoms with Crippen molar-refractivity contribution in [1.82, 2.24) is 4.31 Å². The van der Waals surface area contributed by atoms with E-state index in [0.717, 1.165) is 19.3 Å². The highest BCUT2D eigenvalue weighted by Gasteiger charge is 2.32. The van der Waals surface area contributed by atoms with Gasteiger partial charge in [0, 0.05) is 19.0 Å². The normalized spacial score (nSPS) is 20.0. The summed E-state index contributed by atoms with van der Waals surface area (Å²) >= 11 is 0. The van der Waals surface area contributed by atoms with Crippen LogP contribution in [0.25, 0.3) is 0 Å². The lowest BCUT2D eigenvalue weighted by atomic mass is 9.95. The molecule has 0 aromatic heterocycles. The Morgan fingerprint density at radius 3 is 2.56 bits per heavy atom. The molecule has 1 aromatic carbocycles. The Morgan fingerprint density at radius 1 is 1.26 bits per heavy atom. The summed E-state index contributed by atoms with van der Waals surface area (Å²) in [6.45, 7) is 7.10. The molecule has 1 aliphatic carbocycles. The molecule has 1 fully saturated rings. The largest absolute Gasteiger partial charge is 0.492 e. The Bertz CT molecular complexity index is 747. The number of ether oxygens (including phenoxy) is 1. The predicted molar refractivity (Wildman–Crippen MR) is 106 cm³/mol. The smallest absolute Gasteiger partial charge is 0.243 e. The molecule has 1 amide bonds. The first kappa shape index (κ1) is 21.7. The average molecular weight is 398 g/mol. The Hall–Kier alpha value is -1.64. The van der Waals surface area contributed by atoms with E-state index < -0.39 is 10.0 Å². The molecule has 2 atom stereocenters. The van der Waals surface area contributed by atoms with E-state index >= 15 is 0 Å². The van der Waals surface area contributed by atoms with Crippen LogP contribution in [0.3, 0.4) is 0 Å². The molecule has 3 N–H and O–H groups in total. The van der Waals surface area contributed by atoms with E-state index in [0.29, 0.717) is 37.7 Å². The van der Waals surface area contributed by atoms with Crippen LogP contribution in [0.1, 0.15) is 40.0 Å². The van der Waals surface area contributed by atoms with E-state index in [9.17, 15) is 13.2 Å². The van der Waals surface area contributed by atoms with E-state index in [2.05, 4.69) is 5.32 Å². The lowest BCUT2D eigenvalue weighted by Gasteiger charge is -2.21. The number of nitrogens with zero attached hydrogens (tertiary/aromatic N) is 1. The van der Waals surface area contributed by atoms with E-state index in [-0.39, 0.29) is 22.6 Å². The number of benzene rings is 1. The monoisotopic (exact) mass is 397 g/mol. The van der Waals surface area contributed by atoms with Crippen LogP contribution < -0.4 is 15.8 Å². The number of nitrogens with one attached hydrogen (secondary N) is 1. The molecule has 0 saturated heterocycles. The maximum atomic E-state index is 12.8. The van der Waals surface area contributed by atoms with Crippen molar-refractivity contribution in [2.45, 2.75) is 44.9 Å². The third-order valence-electron chi connectivity index (χ3n) is 5.15. The molecular weight excluding hydrogens is 366 g/mol. The average Bonchev–Trinajstić information content (AvgIpc) is 3.13. The standard InChI is InChI=1S/C19H31N3O4S/c1-4-22(5-2)27(24,25)15-10-11-18(26-6-3)17(12-15)21-19(23)16-9-7-8-14(16)13-20/h10-12,14,16H,4-9,13,20H2,1-3H3,(H,21,23)/t14-,16-/m1/s1. The van der Waals surface area contributed by atoms with Gasteiger partial charge in [0.25, 0.3) is 0 Å². The number of rotatable bonds is 9. The fourth-order valence-corrected chi connectivity index (χ4v) is 5.14. The number of carbonyl (C=O) groups is 1. The summed E-state index contributed by atoms with van der Waals surface area (Å²) in [6.07, 6.45) is 2.73. The molecule has 0 aliphatic heterocycles. The van der Waals surface area contributed by atoms with Crippen molar-refractivity contribution < 1.29 is 17.9 Å². The van der Waals surface area contributed by atoms with E-state index in [1.165, 1.54) is 16.4 Å². The molecule has 2 rings (SSSR count). The second kappa shape index (κ2) is 9.52. The highest BCUT2D eigenvalue weighted by atomic mass is 32.2. The molecule has 152 valence electrons. The molecule has 0 bridgehead atoms. The van der Waals surface area contributed by atoms with E-state index in [4.69, 9.17) is 10.5 Å². The van der Waals surface area contributed by atoms with Gasteiger partial charge in [0.05, 0.1) is 17.2 Å². The van der Waals surface area contributed by atoms with Crippen LogP contribution in [0.15, 0.2) is 23.1 Å². The SMILES string of the molecule is CCOc1ccc(S(=O)(=O)N(CC)CC)cc1NC(=O)[C@@H]1CCC[C@@H]1CN. The quantitative estimate of drug-likeness (QED) is 0.666. The van der Waals surface area contributed by atoms with Gasteiger partial charge < -0.3 is 15.8 Å². The number of hydrogen-bond donors (Lipinski definition) is 2. The van der Waals surface area contributed by atoms with Gasteiger partial charge in [-0.2, -0.15) is 4.31 Å². The first-order valence-electron chi connectivity index (χ1n) is 9.66. The number of sulfonamides is 1. The van der Waals surface area contributed by atoms with Crippen LogP contribution in [0.5, 0.6) is 5.75 Å². The summed E-state index contributed by atoms with van der Waals surface area (Å²) in [5.74, 6) is 0.364. The van der Waals surface area contributed by atoms with Gasteiger partial charge in [-0.05, 0) is 50.4 Å². The maximum Gasteiger partial charge on any atom is 0.243 e. The summed E-state index contributed by atoms with van der Waals surface area (Å²) < 4.78 is 32.6. The number of anilines is 1. The summed E-state index contributed by atoms with van der Waals surface area (Å²) in [6, 6.07) is 4.61. The molecule has 1 aromatic rings. The maximum absolute atomic E-state index is 12.8. The van der Waals surface area contributed by atoms with Gasteiger partial charge in [0.1, 0.15) is 5.75 Å². The summed E-state index contributed by atoms with van der Waals surface area (Å²) in [5, 5.41) is 2.89. The zero-order valence-corrected chi connectivity index (χ0v) is 17.2. The topological polar surface area (TPSA) is 102 Å². The molecule has 7 nitrogen and oxygen atoms in total. The summed E-state index contributed by atoms with van der Waals surface area (Å²) in [5.41, 5.74) is 6.18. The van der Waals surface area contributed by atoms with Gasteiger partial charge in [0.15, 0.2) is 0 Å². The number of nitrogens with two attached hydrogens (primary N) is 1. The van der Waals surface area contributed by atoms with E-state index in [1.54, 1.807) is 19.9 Å². The molecule has 0 unspecified atom stereocenters. The lowest BCUT2D eigenvalue weighted by Crippen LogP contribution is -2.31. The van der Waals surface area contributed by atoms with Crippen LogP contribution in [0.4, 0.5) is 5.69 Å². The van der Waals surface area contributed by atoms with Gasteiger partial charge >= 0.3 is 0 Å². The zero-order chi connectivity index (χ0) is 20.0. The molecule has 8 heteroatoms. The van der Waals surface area contributed by atoms with Crippen molar-refractivity contribution in [3.8, 4) is 5.75 Å². The van der Waals surface area contributed by atoms with Crippen molar-refractivity contribution >= 4 is 21.6 Å². The van der Waals surface area contributed by atoms with Crippen molar-refractivity contribution in [2.24, 2.45) is 17.6 Å². The number of amides is 1. The van der Waals surface area contributed by atoms with Crippen LogP contribution >= 0.6 is 0 Å². The Morgan fingerprint density at radius 2 is 1.96 bits per heavy atom. The second-order valence-electron chi connectivity index (χ2n) is 6.70. The Labute approximate surface area is 162 Å². The summed E-state index contributed by atoms with van der Waals surface area (Å²) in [4.78, 5) is 12.9. The van der Waals surface area contributed by atoms with Crippen LogP contribution in [0.2, 0.25) is 0 Å². The highest BCUT2D eigenvalue weighted by Crippen LogP contribution is 2.34. The Kier molecular flexibility index (Phi) is 7.64. The second-order valence-corrected chi connectivity index (χ2v) is 8.64. The van der Waals surface area contributed by atoms with Gasteiger partial charge in [-0.25, -0.2) is 8.42 Å². The molecule has 1 aliphatic rings. The van der Waals surface area contributed by atoms with Gasteiger partial charge in [-0.15, -0.1) is 0 Å². The molecular formula is C19H31N3O4S. The van der Waals surface area contributed by atoms with Crippen LogP contribution in [-0.4, -0.2) is 44.9 Å². The van der Waals surface area contributed by atoms with Gasteiger partial charge in [0.2, 0.25) is 15.9 Å². The fourth-order valence-electron chi connectivity index (χ4n) is 3.65. The lowest BCUT2D eigenvalue weighted by molar-refractivity contribution is -0.120. The third kappa shape index (κ3) is 4.80. The minimum Gasteiger partial charge on any atom is -0.492 e. The van der Waals surface area contributed by atoms with Crippen LogP contribution in [0, 0.1) is 11.8 Å². The molecule has 1 saturated carbocycles. The van der Waals surface area contributed by atoms with Crippen molar-refractivity contribution in [1.29, 1.82) is 0 Å². The number of hydrogen-bond acceptors (Lipinski definition) is 5. The Balaban J connectivity index is 2.34. The van der Waals surface area contributed by atoms with Crippen molar-refractivity contribution in [2.75, 3.05) is 31.6 Å². The van der Waals surface area contributed by atoms with Crippen molar-refractivity contribution in [3.05, 3.63) is 18.2 Å². The first-order chi connectivity index (χ1) is 12.9. The molecule has 0 spiro atoms. The molecule has 0 radical (unpaired) electrons. The first-order valence-corrected chi connectivity index (χ1v) is 11.1. The summed E-state index contributed by atoms with van der Waals surface area (Å²) in [7, 11) is -3.62. The minimum atomic E-state index is -3.62. The third-order valence-corrected chi connectivity index (χ3v) is 7.20. The van der Waals surface area contributed by atoms with E-state index in [1.807, 2.05) is 6.92 Å². The fraction of sp³-hybridized carbons (Fsp3) is 0.632. The van der Waals surface area contributed by atoms with Crippen LogP contribution in [-0.2, 0) is 14.8 Å². The number of carbonyl (C=O) groups excluding carboxylic acids is 1. The van der Waals surface area contributed by atoms with Gasteiger partial charge in [-0.3, -0.25) is 4.79 Å².